The van der Waals surface area contributed by atoms with Crippen LogP contribution in [0.1, 0.15) is 40.0 Å². The summed E-state index contributed by atoms with van der Waals surface area (Å²) in [4.78, 5) is 12.8. The maximum atomic E-state index is 12.8. The second-order valence-electron chi connectivity index (χ2n) is 6.85. The number of aromatic nitrogens is 4. The van der Waals surface area contributed by atoms with Crippen molar-refractivity contribution >= 4 is 27.4 Å². The van der Waals surface area contributed by atoms with Gasteiger partial charge in [0, 0.05) is 29.5 Å². The van der Waals surface area contributed by atoms with Crippen LogP contribution < -0.4 is 0 Å². The van der Waals surface area contributed by atoms with Gasteiger partial charge in [0.25, 0.3) is 0 Å². The Morgan fingerprint density at radius 3 is 2.74 bits per heavy atom. The van der Waals surface area contributed by atoms with Crippen molar-refractivity contribution in [3.8, 4) is 0 Å². The van der Waals surface area contributed by atoms with Crippen molar-refractivity contribution in [3.05, 3.63) is 41.5 Å². The monoisotopic (exact) mass is 408 g/mol. The Kier molecular flexibility index (Phi) is 5.62. The van der Waals surface area contributed by atoms with E-state index in [2.05, 4.69) is 16.8 Å². The van der Waals surface area contributed by atoms with Crippen molar-refractivity contribution in [2.45, 2.75) is 44.9 Å². The highest BCUT2D eigenvalue weighted by Crippen LogP contribution is 2.30. The number of Topliss-reactive ketones (excluding diaryl/α,β-unsaturated/α-hetero) is 1. The Labute approximate surface area is 163 Å². The summed E-state index contributed by atoms with van der Waals surface area (Å²) in [6, 6.07) is 1.78. The molecule has 146 valence electrons. The van der Waals surface area contributed by atoms with Crippen molar-refractivity contribution in [3.63, 3.8) is 0 Å². The van der Waals surface area contributed by atoms with Gasteiger partial charge in [-0.25, -0.2) is 8.42 Å². The molecule has 0 unspecified atom stereocenters. The topological polar surface area (TPSA) is 86.8 Å². The van der Waals surface area contributed by atoms with Crippen LogP contribution in [0.3, 0.4) is 0 Å². The van der Waals surface area contributed by atoms with Crippen LogP contribution in [0.25, 0.3) is 0 Å². The first-order valence-corrected chi connectivity index (χ1v) is 11.6. The maximum absolute atomic E-state index is 12.8. The van der Waals surface area contributed by atoms with Crippen molar-refractivity contribution in [1.82, 2.24) is 19.3 Å². The number of carbonyl (C=O) groups is 1. The molecule has 0 N–H and O–H groups in total. The van der Waals surface area contributed by atoms with E-state index in [1.54, 1.807) is 6.08 Å². The van der Waals surface area contributed by atoms with Crippen LogP contribution in [-0.4, -0.2) is 50.8 Å². The summed E-state index contributed by atoms with van der Waals surface area (Å²) in [6.07, 6.45) is 2.37. The van der Waals surface area contributed by atoms with Crippen LogP contribution in [-0.2, 0) is 16.4 Å². The van der Waals surface area contributed by atoms with Crippen LogP contribution >= 0.6 is 11.8 Å². The summed E-state index contributed by atoms with van der Waals surface area (Å²) in [5.41, 5.74) is 2.41. The van der Waals surface area contributed by atoms with Gasteiger partial charge in [0.05, 0.1) is 17.3 Å². The van der Waals surface area contributed by atoms with Gasteiger partial charge in [-0.1, -0.05) is 17.8 Å². The Hall–Kier alpha value is -1.87. The number of carbonyl (C=O) groups excluding carboxylic acids is 1. The lowest BCUT2D eigenvalue weighted by Crippen LogP contribution is -2.14. The summed E-state index contributed by atoms with van der Waals surface area (Å²) in [6.45, 7) is 10.0. The van der Waals surface area contributed by atoms with E-state index in [1.165, 1.54) is 11.8 Å². The molecule has 3 rings (SSSR count). The first-order valence-electron chi connectivity index (χ1n) is 8.79. The normalized spacial score (nSPS) is 18.7. The third-order valence-electron chi connectivity index (χ3n) is 4.90. The standard InChI is InChI=1S/C18H24N4O3S2/c1-5-7-21-14(4)19-20-18(21)26-10-17(23)16-9-12(2)22(13(16)3)15-6-8-27(24,25)11-15/h5,9,15H,1,6-8,10-11H2,2-4H3/t15-/m1/s1. The predicted molar refractivity (Wildman–Crippen MR) is 106 cm³/mol. The minimum atomic E-state index is -2.98. The lowest BCUT2D eigenvalue weighted by molar-refractivity contribution is 0.102. The molecule has 27 heavy (non-hydrogen) atoms. The molecule has 9 heteroatoms. The van der Waals surface area contributed by atoms with Gasteiger partial charge in [0.1, 0.15) is 5.82 Å². The molecule has 1 aliphatic heterocycles. The van der Waals surface area contributed by atoms with E-state index in [9.17, 15) is 13.2 Å². The highest BCUT2D eigenvalue weighted by Gasteiger charge is 2.31. The lowest BCUT2D eigenvalue weighted by atomic mass is 10.2. The molecule has 0 radical (unpaired) electrons. The Morgan fingerprint density at radius 1 is 1.37 bits per heavy atom. The van der Waals surface area contributed by atoms with Gasteiger partial charge in [0.15, 0.2) is 20.8 Å². The van der Waals surface area contributed by atoms with Gasteiger partial charge in [-0.15, -0.1) is 16.8 Å². The number of thioether (sulfide) groups is 1. The second kappa shape index (κ2) is 7.63. The van der Waals surface area contributed by atoms with Gasteiger partial charge in [0.2, 0.25) is 0 Å². The van der Waals surface area contributed by atoms with E-state index in [-0.39, 0.29) is 29.1 Å². The third kappa shape index (κ3) is 4.03. The molecule has 1 aliphatic rings. The van der Waals surface area contributed by atoms with E-state index in [4.69, 9.17) is 0 Å². The average molecular weight is 409 g/mol. The third-order valence-corrected chi connectivity index (χ3v) is 7.62. The summed E-state index contributed by atoms with van der Waals surface area (Å²) in [7, 11) is -2.98. The Balaban J connectivity index is 1.76. The number of nitrogens with zero attached hydrogens (tertiary/aromatic N) is 4. The molecule has 0 aliphatic carbocycles. The molecule has 0 aromatic carbocycles. The number of rotatable bonds is 7. The SMILES string of the molecule is C=CCn1c(C)nnc1SCC(=O)c1cc(C)n([C@@H]2CCS(=O)(=O)C2)c1C. The van der Waals surface area contributed by atoms with Crippen LogP contribution in [0, 0.1) is 20.8 Å². The molecule has 2 aromatic rings. The van der Waals surface area contributed by atoms with Gasteiger partial charge >= 0.3 is 0 Å². The summed E-state index contributed by atoms with van der Waals surface area (Å²) in [5, 5.41) is 8.88. The number of ketones is 1. The molecular weight excluding hydrogens is 384 g/mol. The largest absolute Gasteiger partial charge is 0.344 e. The average Bonchev–Trinajstić information content (AvgIpc) is 3.22. The highest BCUT2D eigenvalue weighted by molar-refractivity contribution is 7.99. The van der Waals surface area contributed by atoms with Gasteiger partial charge in [-0.3, -0.25) is 4.79 Å². The molecule has 0 bridgehead atoms. The fourth-order valence-corrected chi connectivity index (χ4v) is 6.19. The number of hydrogen-bond acceptors (Lipinski definition) is 6. The summed E-state index contributed by atoms with van der Waals surface area (Å²) >= 11 is 1.35. The predicted octanol–water partition coefficient (Wildman–Crippen LogP) is 2.53. The maximum Gasteiger partial charge on any atom is 0.191 e. The minimum Gasteiger partial charge on any atom is -0.344 e. The Morgan fingerprint density at radius 2 is 2.11 bits per heavy atom. The van der Waals surface area contributed by atoms with Gasteiger partial charge < -0.3 is 9.13 Å². The number of allylic oxidation sites excluding steroid dienone is 1. The van der Waals surface area contributed by atoms with Crippen molar-refractivity contribution in [2.24, 2.45) is 0 Å². The second-order valence-corrected chi connectivity index (χ2v) is 10.0. The zero-order valence-electron chi connectivity index (χ0n) is 15.8. The molecular formula is C18H24N4O3S2. The first kappa shape index (κ1) is 19.9. The number of aryl methyl sites for hydroxylation is 2. The molecule has 1 atom stereocenters. The molecule has 0 amide bonds. The zero-order chi connectivity index (χ0) is 19.8. The highest BCUT2D eigenvalue weighted by atomic mass is 32.2. The van der Waals surface area contributed by atoms with Gasteiger partial charge in [-0.2, -0.15) is 0 Å². The summed E-state index contributed by atoms with van der Waals surface area (Å²) in [5.74, 6) is 1.40. The van der Waals surface area contributed by atoms with E-state index >= 15 is 0 Å². The van der Waals surface area contributed by atoms with E-state index in [1.807, 2.05) is 36.0 Å². The van der Waals surface area contributed by atoms with Crippen molar-refractivity contribution < 1.29 is 13.2 Å². The van der Waals surface area contributed by atoms with E-state index in [0.29, 0.717) is 23.7 Å². The van der Waals surface area contributed by atoms with E-state index in [0.717, 1.165) is 17.2 Å². The molecule has 1 saturated heterocycles. The fraction of sp³-hybridized carbons (Fsp3) is 0.500. The molecule has 0 saturated carbocycles. The quantitative estimate of drug-likeness (QED) is 0.397. The molecule has 1 fully saturated rings. The van der Waals surface area contributed by atoms with Gasteiger partial charge in [-0.05, 0) is 33.3 Å². The van der Waals surface area contributed by atoms with Crippen LogP contribution in [0.2, 0.25) is 0 Å². The molecule has 0 spiro atoms. The minimum absolute atomic E-state index is 0.00557. The van der Waals surface area contributed by atoms with Crippen LogP contribution in [0.4, 0.5) is 0 Å². The van der Waals surface area contributed by atoms with Crippen LogP contribution in [0.15, 0.2) is 23.9 Å². The van der Waals surface area contributed by atoms with Crippen molar-refractivity contribution in [2.75, 3.05) is 17.3 Å². The fourth-order valence-electron chi connectivity index (χ4n) is 3.62. The Bertz CT molecular complexity index is 989. The number of hydrogen-bond donors (Lipinski definition) is 0. The smallest absolute Gasteiger partial charge is 0.191 e. The van der Waals surface area contributed by atoms with E-state index < -0.39 is 9.84 Å². The van der Waals surface area contributed by atoms with Crippen molar-refractivity contribution in [1.29, 1.82) is 0 Å². The summed E-state index contributed by atoms with van der Waals surface area (Å²) < 4.78 is 27.6. The zero-order valence-corrected chi connectivity index (χ0v) is 17.4. The first-order chi connectivity index (χ1) is 12.7. The molecule has 3 heterocycles. The molecule has 7 nitrogen and oxygen atoms in total. The van der Waals surface area contributed by atoms with Crippen LogP contribution in [0.5, 0.6) is 0 Å². The molecule has 2 aromatic heterocycles. The lowest BCUT2D eigenvalue weighted by Gasteiger charge is -2.16. The number of sulfone groups is 1.